The van der Waals surface area contributed by atoms with E-state index in [2.05, 4.69) is 9.97 Å². The number of pyridine rings is 1. The molecule has 0 saturated heterocycles. The first kappa shape index (κ1) is 16.1. The van der Waals surface area contributed by atoms with Crippen LogP contribution in [0.15, 0.2) is 91.4 Å². The molecule has 2 aromatic heterocycles. The van der Waals surface area contributed by atoms with Gasteiger partial charge in [0.2, 0.25) is 0 Å². The minimum atomic E-state index is -0.797. The Kier molecular flexibility index (Phi) is 4.50. The molecule has 1 atom stereocenters. The number of aliphatic hydroxyl groups excluding tert-OH is 1. The van der Waals surface area contributed by atoms with E-state index in [1.165, 1.54) is 0 Å². The first-order valence-corrected chi connectivity index (χ1v) is 8.39. The summed E-state index contributed by atoms with van der Waals surface area (Å²) in [5.74, 6) is 0.584. The molecule has 1 N–H and O–H groups in total. The lowest BCUT2D eigenvalue weighted by atomic mass is 9.98. The summed E-state index contributed by atoms with van der Waals surface area (Å²) >= 11 is 0. The summed E-state index contributed by atoms with van der Waals surface area (Å²) in [6, 6.07) is 23.2. The molecule has 0 fully saturated rings. The minimum absolute atomic E-state index is 0.584. The van der Waals surface area contributed by atoms with Gasteiger partial charge in [0.05, 0.1) is 5.69 Å². The maximum absolute atomic E-state index is 10.9. The van der Waals surface area contributed by atoms with Crippen molar-refractivity contribution in [2.75, 3.05) is 0 Å². The van der Waals surface area contributed by atoms with Crippen molar-refractivity contribution in [3.05, 3.63) is 103 Å². The van der Waals surface area contributed by atoms with Gasteiger partial charge in [0.25, 0.3) is 0 Å². The number of rotatable bonds is 4. The molecule has 0 unspecified atom stereocenters. The second-order valence-electron chi connectivity index (χ2n) is 5.92. The lowest BCUT2D eigenvalue weighted by Crippen LogP contribution is -2.06. The van der Waals surface area contributed by atoms with Gasteiger partial charge in [-0.15, -0.1) is 0 Å². The van der Waals surface area contributed by atoms with E-state index in [1.807, 2.05) is 72.8 Å². The van der Waals surface area contributed by atoms with E-state index in [0.717, 1.165) is 22.4 Å². The van der Waals surface area contributed by atoms with Crippen LogP contribution in [-0.2, 0) is 0 Å². The van der Waals surface area contributed by atoms with Crippen LogP contribution in [0.25, 0.3) is 22.6 Å². The fraction of sp³-hybridized carbons (Fsp3) is 0.0455. The maximum Gasteiger partial charge on any atom is 0.161 e. The van der Waals surface area contributed by atoms with Crippen molar-refractivity contribution in [1.82, 2.24) is 15.0 Å². The Bertz CT molecular complexity index is 990. The second-order valence-corrected chi connectivity index (χ2v) is 5.92. The number of aromatic nitrogens is 3. The lowest BCUT2D eigenvalue weighted by Gasteiger charge is -2.16. The average molecular weight is 339 g/mol. The van der Waals surface area contributed by atoms with Crippen LogP contribution in [0.1, 0.15) is 17.2 Å². The Hall–Kier alpha value is -3.37. The molecule has 0 spiro atoms. The van der Waals surface area contributed by atoms with Crippen LogP contribution >= 0.6 is 0 Å². The third kappa shape index (κ3) is 3.23. The van der Waals surface area contributed by atoms with Gasteiger partial charge in [-0.2, -0.15) is 0 Å². The summed E-state index contributed by atoms with van der Waals surface area (Å²) < 4.78 is 0. The number of hydrogen-bond acceptors (Lipinski definition) is 4. The van der Waals surface area contributed by atoms with Crippen LogP contribution in [0.4, 0.5) is 0 Å². The highest BCUT2D eigenvalue weighted by Crippen LogP contribution is 2.31. The largest absolute Gasteiger partial charge is 0.384 e. The Balaban J connectivity index is 1.86. The fourth-order valence-corrected chi connectivity index (χ4v) is 2.87. The highest BCUT2D eigenvalue weighted by atomic mass is 16.3. The summed E-state index contributed by atoms with van der Waals surface area (Å²) in [6.07, 6.45) is 4.36. The Morgan fingerprint density at radius 2 is 1.42 bits per heavy atom. The van der Waals surface area contributed by atoms with Gasteiger partial charge in [-0.25, -0.2) is 9.97 Å². The van der Waals surface area contributed by atoms with Crippen molar-refractivity contribution < 1.29 is 5.11 Å². The molecule has 4 aromatic rings. The third-order valence-electron chi connectivity index (χ3n) is 4.19. The summed E-state index contributed by atoms with van der Waals surface area (Å²) in [5, 5.41) is 10.9. The molecule has 0 aliphatic heterocycles. The van der Waals surface area contributed by atoms with Crippen molar-refractivity contribution >= 4 is 0 Å². The highest BCUT2D eigenvalue weighted by Gasteiger charge is 2.18. The predicted octanol–water partition coefficient (Wildman–Crippen LogP) is 4.29. The topological polar surface area (TPSA) is 58.9 Å². The van der Waals surface area contributed by atoms with Crippen molar-refractivity contribution in [2.45, 2.75) is 6.10 Å². The molecule has 0 aliphatic carbocycles. The molecule has 4 heteroatoms. The molecular formula is C22H17N3O. The van der Waals surface area contributed by atoms with Gasteiger partial charge in [0, 0.05) is 35.3 Å². The van der Waals surface area contributed by atoms with E-state index in [0.29, 0.717) is 11.4 Å². The molecular weight excluding hydrogens is 322 g/mol. The Labute approximate surface area is 151 Å². The quantitative estimate of drug-likeness (QED) is 0.603. The normalized spacial score (nSPS) is 11.9. The predicted molar refractivity (Wildman–Crippen MR) is 101 cm³/mol. The molecule has 2 aromatic carbocycles. The Morgan fingerprint density at radius 3 is 2.12 bits per heavy atom. The highest BCUT2D eigenvalue weighted by molar-refractivity contribution is 5.67. The number of nitrogens with zero attached hydrogens (tertiary/aromatic N) is 3. The molecule has 4 rings (SSSR count). The van der Waals surface area contributed by atoms with Gasteiger partial charge in [-0.05, 0) is 17.7 Å². The van der Waals surface area contributed by atoms with E-state index in [-0.39, 0.29) is 0 Å². The van der Waals surface area contributed by atoms with Crippen LogP contribution in [0.3, 0.4) is 0 Å². The summed E-state index contributed by atoms with van der Waals surface area (Å²) in [5.41, 5.74) is 3.98. The summed E-state index contributed by atoms with van der Waals surface area (Å²) in [4.78, 5) is 13.4. The van der Waals surface area contributed by atoms with Gasteiger partial charge in [-0.1, -0.05) is 60.7 Å². The lowest BCUT2D eigenvalue weighted by molar-refractivity contribution is 0.220. The molecule has 2 heterocycles. The molecule has 26 heavy (non-hydrogen) atoms. The Morgan fingerprint density at radius 1 is 0.731 bits per heavy atom. The van der Waals surface area contributed by atoms with Crippen molar-refractivity contribution in [2.24, 2.45) is 0 Å². The zero-order valence-electron chi connectivity index (χ0n) is 14.0. The van der Waals surface area contributed by atoms with Crippen molar-refractivity contribution in [3.63, 3.8) is 0 Å². The zero-order chi connectivity index (χ0) is 17.8. The first-order valence-electron chi connectivity index (χ1n) is 8.39. The van der Waals surface area contributed by atoms with Crippen molar-refractivity contribution in [3.8, 4) is 22.6 Å². The summed E-state index contributed by atoms with van der Waals surface area (Å²) in [6.45, 7) is 0. The monoisotopic (exact) mass is 339 g/mol. The van der Waals surface area contributed by atoms with E-state index in [9.17, 15) is 5.11 Å². The third-order valence-corrected chi connectivity index (χ3v) is 4.19. The number of hydrogen-bond donors (Lipinski definition) is 1. The van der Waals surface area contributed by atoms with Crippen molar-refractivity contribution in [1.29, 1.82) is 0 Å². The molecule has 126 valence electrons. The molecule has 0 saturated carbocycles. The SMILES string of the molecule is O[C@H](c1ccccc1)c1cnc(-c2cccnc2)nc1-c1ccccc1. The van der Waals surface area contributed by atoms with E-state index < -0.39 is 6.10 Å². The van der Waals surface area contributed by atoms with E-state index >= 15 is 0 Å². The summed E-state index contributed by atoms with van der Waals surface area (Å²) in [7, 11) is 0. The molecule has 4 nitrogen and oxygen atoms in total. The van der Waals surface area contributed by atoms with Gasteiger partial charge in [0.15, 0.2) is 5.82 Å². The van der Waals surface area contributed by atoms with E-state index in [1.54, 1.807) is 18.6 Å². The molecule has 0 amide bonds. The second kappa shape index (κ2) is 7.25. The minimum Gasteiger partial charge on any atom is -0.384 e. The van der Waals surface area contributed by atoms with Gasteiger partial charge in [0.1, 0.15) is 6.10 Å². The smallest absolute Gasteiger partial charge is 0.161 e. The maximum atomic E-state index is 10.9. The molecule has 0 aliphatic rings. The zero-order valence-corrected chi connectivity index (χ0v) is 14.0. The van der Waals surface area contributed by atoms with Gasteiger partial charge in [-0.3, -0.25) is 4.98 Å². The van der Waals surface area contributed by atoms with Crippen LogP contribution < -0.4 is 0 Å². The van der Waals surface area contributed by atoms with Crippen LogP contribution in [0.2, 0.25) is 0 Å². The number of aliphatic hydroxyl groups is 1. The average Bonchev–Trinajstić information content (AvgIpc) is 2.75. The molecule has 0 bridgehead atoms. The molecule has 0 radical (unpaired) electrons. The van der Waals surface area contributed by atoms with Crippen LogP contribution in [0, 0.1) is 0 Å². The number of benzene rings is 2. The van der Waals surface area contributed by atoms with E-state index in [4.69, 9.17) is 4.98 Å². The van der Waals surface area contributed by atoms with Gasteiger partial charge >= 0.3 is 0 Å². The van der Waals surface area contributed by atoms with Crippen LogP contribution in [0.5, 0.6) is 0 Å². The van der Waals surface area contributed by atoms with Crippen LogP contribution in [-0.4, -0.2) is 20.1 Å². The fourth-order valence-electron chi connectivity index (χ4n) is 2.87. The first-order chi connectivity index (χ1) is 12.8. The van der Waals surface area contributed by atoms with Gasteiger partial charge < -0.3 is 5.11 Å². The standard InChI is InChI=1S/C22H17N3O/c26-21(17-10-5-2-6-11-17)19-15-24-22(18-12-7-13-23-14-18)25-20(19)16-8-3-1-4-9-16/h1-15,21,26H/t21-/m1/s1.